The zero-order valence-corrected chi connectivity index (χ0v) is 9.68. The molecule has 0 heterocycles. The third kappa shape index (κ3) is 2.98. The summed E-state index contributed by atoms with van der Waals surface area (Å²) >= 11 is 0. The Morgan fingerprint density at radius 3 is 2.40 bits per heavy atom. The van der Waals surface area contributed by atoms with Crippen LogP contribution in [-0.4, -0.2) is 13.2 Å². The summed E-state index contributed by atoms with van der Waals surface area (Å²) in [7, 11) is 1.36. The molecule has 1 rings (SSSR count). The number of hydrogen-bond acceptors (Lipinski definition) is 2. The molecular weight excluding hydrogens is 190 g/mol. The highest BCUT2D eigenvalue weighted by atomic mass is 16.5. The van der Waals surface area contributed by atoms with Crippen molar-refractivity contribution in [2.45, 2.75) is 27.3 Å². The van der Waals surface area contributed by atoms with Gasteiger partial charge >= 0.3 is 6.09 Å². The molecular formula is C12H17NO2. The lowest BCUT2D eigenvalue weighted by molar-refractivity contribution is 0.170. The second-order valence-electron chi connectivity index (χ2n) is 3.71. The first-order valence-electron chi connectivity index (χ1n) is 4.93. The third-order valence-corrected chi connectivity index (χ3v) is 2.56. The molecule has 0 saturated carbocycles. The van der Waals surface area contributed by atoms with Gasteiger partial charge in [-0.1, -0.05) is 12.1 Å². The Morgan fingerprint density at radius 2 is 1.80 bits per heavy atom. The van der Waals surface area contributed by atoms with E-state index in [0.29, 0.717) is 6.54 Å². The highest BCUT2D eigenvalue weighted by Crippen LogP contribution is 2.14. The van der Waals surface area contributed by atoms with Crippen molar-refractivity contribution < 1.29 is 9.53 Å². The van der Waals surface area contributed by atoms with Crippen molar-refractivity contribution in [1.82, 2.24) is 5.32 Å². The van der Waals surface area contributed by atoms with Crippen molar-refractivity contribution in [3.8, 4) is 0 Å². The van der Waals surface area contributed by atoms with E-state index < -0.39 is 6.09 Å². The molecule has 0 aliphatic rings. The maximum atomic E-state index is 10.9. The van der Waals surface area contributed by atoms with Gasteiger partial charge in [0.15, 0.2) is 0 Å². The number of methoxy groups -OCH3 is 1. The van der Waals surface area contributed by atoms with Gasteiger partial charge in [0, 0.05) is 6.54 Å². The van der Waals surface area contributed by atoms with Crippen LogP contribution in [0.5, 0.6) is 0 Å². The average Bonchev–Trinajstić information content (AvgIpc) is 2.21. The molecule has 0 atom stereocenters. The molecule has 1 N–H and O–H groups in total. The smallest absolute Gasteiger partial charge is 0.407 e. The van der Waals surface area contributed by atoms with Crippen molar-refractivity contribution in [2.75, 3.05) is 7.11 Å². The molecule has 0 spiro atoms. The molecule has 0 aliphatic carbocycles. The molecule has 15 heavy (non-hydrogen) atoms. The van der Waals surface area contributed by atoms with Gasteiger partial charge in [0.2, 0.25) is 0 Å². The Balaban J connectivity index is 2.77. The highest BCUT2D eigenvalue weighted by molar-refractivity contribution is 5.67. The molecule has 0 saturated heterocycles. The third-order valence-electron chi connectivity index (χ3n) is 2.56. The summed E-state index contributed by atoms with van der Waals surface area (Å²) in [6.07, 6.45) is -0.396. The van der Waals surface area contributed by atoms with Gasteiger partial charge in [-0.3, -0.25) is 0 Å². The number of ether oxygens (including phenoxy) is 1. The van der Waals surface area contributed by atoms with E-state index in [2.05, 4.69) is 36.0 Å². The van der Waals surface area contributed by atoms with E-state index >= 15 is 0 Å². The molecule has 1 aromatic rings. The summed E-state index contributed by atoms with van der Waals surface area (Å²) in [5.41, 5.74) is 4.83. The molecule has 3 heteroatoms. The van der Waals surface area contributed by atoms with Gasteiger partial charge in [-0.2, -0.15) is 0 Å². The lowest BCUT2D eigenvalue weighted by atomic mass is 10.0. The van der Waals surface area contributed by atoms with E-state index in [1.807, 2.05) is 6.92 Å². The quantitative estimate of drug-likeness (QED) is 0.809. The maximum Gasteiger partial charge on any atom is 0.407 e. The van der Waals surface area contributed by atoms with Gasteiger partial charge in [0.1, 0.15) is 0 Å². The molecule has 82 valence electrons. The fourth-order valence-corrected chi connectivity index (χ4v) is 1.45. The Kier molecular flexibility index (Phi) is 3.72. The van der Waals surface area contributed by atoms with Crippen LogP contribution in [0, 0.1) is 20.8 Å². The summed E-state index contributed by atoms with van der Waals surface area (Å²) in [6, 6.07) is 4.23. The highest BCUT2D eigenvalue weighted by Gasteiger charge is 2.03. The van der Waals surface area contributed by atoms with E-state index in [9.17, 15) is 4.79 Å². The van der Waals surface area contributed by atoms with E-state index in [0.717, 1.165) is 5.56 Å². The Bertz CT molecular complexity index is 372. The van der Waals surface area contributed by atoms with Gasteiger partial charge in [0.25, 0.3) is 0 Å². The van der Waals surface area contributed by atoms with Crippen molar-refractivity contribution in [2.24, 2.45) is 0 Å². The summed E-state index contributed by atoms with van der Waals surface area (Å²) in [6.45, 7) is 6.70. The lowest BCUT2D eigenvalue weighted by Gasteiger charge is -2.10. The number of benzene rings is 1. The van der Waals surface area contributed by atoms with Crippen LogP contribution >= 0.6 is 0 Å². The minimum Gasteiger partial charge on any atom is -0.453 e. The van der Waals surface area contributed by atoms with E-state index in [-0.39, 0.29) is 0 Å². The summed E-state index contributed by atoms with van der Waals surface area (Å²) < 4.78 is 4.52. The van der Waals surface area contributed by atoms with Gasteiger partial charge in [-0.15, -0.1) is 0 Å². The summed E-state index contributed by atoms with van der Waals surface area (Å²) in [5, 5.41) is 2.67. The summed E-state index contributed by atoms with van der Waals surface area (Å²) in [5.74, 6) is 0. The second kappa shape index (κ2) is 4.82. The van der Waals surface area contributed by atoms with Crippen LogP contribution in [0.3, 0.4) is 0 Å². The van der Waals surface area contributed by atoms with Crippen molar-refractivity contribution in [3.05, 3.63) is 34.4 Å². The van der Waals surface area contributed by atoms with Gasteiger partial charge in [0.05, 0.1) is 7.11 Å². The number of carbonyl (C=O) groups excluding carboxylic acids is 1. The molecule has 0 aromatic heterocycles. The van der Waals surface area contributed by atoms with E-state index in [1.165, 1.54) is 23.8 Å². The minimum absolute atomic E-state index is 0.396. The fraction of sp³-hybridized carbons (Fsp3) is 0.417. The minimum atomic E-state index is -0.396. The Labute approximate surface area is 90.4 Å². The van der Waals surface area contributed by atoms with Gasteiger partial charge in [-0.25, -0.2) is 4.79 Å². The molecule has 0 bridgehead atoms. The van der Waals surface area contributed by atoms with Crippen molar-refractivity contribution in [1.29, 1.82) is 0 Å². The van der Waals surface area contributed by atoms with Crippen LogP contribution in [0.2, 0.25) is 0 Å². The predicted octanol–water partition coefficient (Wildman–Crippen LogP) is 2.47. The zero-order chi connectivity index (χ0) is 11.4. The standard InChI is InChI=1S/C12H17NO2/c1-8-5-10(3)11(6-9(8)2)7-13-12(14)15-4/h5-6H,7H2,1-4H3,(H,13,14). The molecule has 0 aliphatic heterocycles. The monoisotopic (exact) mass is 207 g/mol. The lowest BCUT2D eigenvalue weighted by Crippen LogP contribution is -2.22. The molecule has 1 amide bonds. The fourth-order valence-electron chi connectivity index (χ4n) is 1.45. The van der Waals surface area contributed by atoms with Crippen LogP contribution in [0.4, 0.5) is 4.79 Å². The number of hydrogen-bond donors (Lipinski definition) is 1. The molecule has 0 unspecified atom stereocenters. The largest absolute Gasteiger partial charge is 0.453 e. The molecule has 3 nitrogen and oxygen atoms in total. The number of rotatable bonds is 2. The van der Waals surface area contributed by atoms with Crippen LogP contribution in [0.15, 0.2) is 12.1 Å². The number of nitrogens with one attached hydrogen (secondary N) is 1. The number of amides is 1. The normalized spacial score (nSPS) is 9.87. The van der Waals surface area contributed by atoms with Gasteiger partial charge in [-0.05, 0) is 43.0 Å². The first kappa shape index (κ1) is 11.6. The number of carbonyl (C=O) groups is 1. The van der Waals surface area contributed by atoms with Crippen LogP contribution in [0.25, 0.3) is 0 Å². The maximum absolute atomic E-state index is 10.9. The SMILES string of the molecule is COC(=O)NCc1cc(C)c(C)cc1C. The first-order chi connectivity index (χ1) is 7.04. The molecule has 0 radical (unpaired) electrons. The topological polar surface area (TPSA) is 38.3 Å². The van der Waals surface area contributed by atoms with E-state index in [1.54, 1.807) is 0 Å². The van der Waals surface area contributed by atoms with Crippen molar-refractivity contribution >= 4 is 6.09 Å². The Morgan fingerprint density at radius 1 is 1.20 bits per heavy atom. The number of alkyl carbamates (subject to hydrolysis) is 1. The van der Waals surface area contributed by atoms with Crippen molar-refractivity contribution in [3.63, 3.8) is 0 Å². The van der Waals surface area contributed by atoms with Crippen LogP contribution in [0.1, 0.15) is 22.3 Å². The Hall–Kier alpha value is -1.51. The van der Waals surface area contributed by atoms with Crippen LogP contribution < -0.4 is 5.32 Å². The summed E-state index contributed by atoms with van der Waals surface area (Å²) in [4.78, 5) is 10.9. The molecule has 0 fully saturated rings. The van der Waals surface area contributed by atoms with Gasteiger partial charge < -0.3 is 10.1 Å². The second-order valence-corrected chi connectivity index (χ2v) is 3.71. The molecule has 1 aromatic carbocycles. The van der Waals surface area contributed by atoms with Crippen LogP contribution in [-0.2, 0) is 11.3 Å². The predicted molar refractivity (Wildman–Crippen MR) is 59.9 cm³/mol. The van der Waals surface area contributed by atoms with E-state index in [4.69, 9.17) is 0 Å². The zero-order valence-electron chi connectivity index (χ0n) is 9.68. The number of aryl methyl sites for hydroxylation is 3. The first-order valence-corrected chi connectivity index (χ1v) is 4.93. The average molecular weight is 207 g/mol.